The Bertz CT molecular complexity index is 616. The van der Waals surface area contributed by atoms with Crippen LogP contribution in [-0.4, -0.2) is 22.1 Å². The van der Waals surface area contributed by atoms with Gasteiger partial charge >= 0.3 is 0 Å². The maximum Gasteiger partial charge on any atom is 0.263 e. The van der Waals surface area contributed by atoms with E-state index in [2.05, 4.69) is 5.32 Å². The van der Waals surface area contributed by atoms with E-state index in [4.69, 9.17) is 4.42 Å². The average molecular weight is 262 g/mol. The molecule has 1 amide bonds. The number of furan rings is 1. The average Bonchev–Trinajstić information content (AvgIpc) is 2.93. The lowest BCUT2D eigenvalue weighted by atomic mass is 10.2. The number of aryl methyl sites for hydroxylation is 1. The van der Waals surface area contributed by atoms with Crippen LogP contribution >= 0.6 is 0 Å². The molecule has 0 bridgehead atoms. The van der Waals surface area contributed by atoms with E-state index in [0.29, 0.717) is 5.56 Å². The summed E-state index contributed by atoms with van der Waals surface area (Å²) in [6.07, 6.45) is 3.54. The van der Waals surface area contributed by atoms with Gasteiger partial charge in [0, 0.05) is 25.4 Å². The van der Waals surface area contributed by atoms with Crippen molar-refractivity contribution >= 4 is 5.91 Å². The molecular formula is C13H14N2O4. The van der Waals surface area contributed by atoms with Crippen molar-refractivity contribution in [3.63, 3.8) is 0 Å². The largest absolute Gasteiger partial charge is 0.472 e. The number of nitrogens with zero attached hydrogens (tertiary/aromatic N) is 1. The number of aliphatic hydroxyl groups excluding tert-OH is 1. The van der Waals surface area contributed by atoms with Crippen LogP contribution in [0.15, 0.2) is 46.1 Å². The predicted molar refractivity (Wildman–Crippen MR) is 67.7 cm³/mol. The molecule has 100 valence electrons. The highest BCUT2D eigenvalue weighted by Crippen LogP contribution is 2.11. The van der Waals surface area contributed by atoms with Gasteiger partial charge in [0.15, 0.2) is 0 Å². The van der Waals surface area contributed by atoms with Crippen molar-refractivity contribution in [2.24, 2.45) is 7.05 Å². The predicted octanol–water partition coefficient (Wildman–Crippen LogP) is 0.442. The molecule has 0 saturated carbocycles. The number of carbonyl (C=O) groups excluding carboxylic acids is 1. The van der Waals surface area contributed by atoms with Crippen LogP contribution in [-0.2, 0) is 7.05 Å². The summed E-state index contributed by atoms with van der Waals surface area (Å²) in [4.78, 5) is 23.5. The highest BCUT2D eigenvalue weighted by Gasteiger charge is 2.14. The third-order valence-electron chi connectivity index (χ3n) is 2.75. The number of hydrogen-bond donors (Lipinski definition) is 2. The van der Waals surface area contributed by atoms with Crippen LogP contribution in [0.2, 0.25) is 0 Å². The van der Waals surface area contributed by atoms with E-state index < -0.39 is 12.0 Å². The van der Waals surface area contributed by atoms with E-state index in [1.54, 1.807) is 25.4 Å². The van der Waals surface area contributed by atoms with Gasteiger partial charge in [-0.25, -0.2) is 0 Å². The van der Waals surface area contributed by atoms with Gasteiger partial charge in [-0.3, -0.25) is 9.59 Å². The first-order valence-electron chi connectivity index (χ1n) is 5.73. The Morgan fingerprint density at radius 2 is 2.32 bits per heavy atom. The first kappa shape index (κ1) is 13.1. The zero-order valence-electron chi connectivity index (χ0n) is 10.4. The second-order valence-corrected chi connectivity index (χ2v) is 4.12. The Kier molecular flexibility index (Phi) is 3.82. The molecule has 0 fully saturated rings. The van der Waals surface area contributed by atoms with Crippen LogP contribution in [0.4, 0.5) is 0 Å². The number of hydrogen-bond acceptors (Lipinski definition) is 4. The molecule has 0 aliphatic rings. The minimum Gasteiger partial charge on any atom is -0.472 e. The summed E-state index contributed by atoms with van der Waals surface area (Å²) in [6.45, 7) is 0.0103. The van der Waals surface area contributed by atoms with Gasteiger partial charge in [-0.2, -0.15) is 0 Å². The summed E-state index contributed by atoms with van der Waals surface area (Å²) >= 11 is 0. The minimum absolute atomic E-state index is 0.0103. The van der Waals surface area contributed by atoms with E-state index in [-0.39, 0.29) is 17.7 Å². The summed E-state index contributed by atoms with van der Waals surface area (Å²) < 4.78 is 6.16. The second-order valence-electron chi connectivity index (χ2n) is 4.12. The summed E-state index contributed by atoms with van der Waals surface area (Å²) in [5.74, 6) is -0.510. The van der Waals surface area contributed by atoms with E-state index in [1.165, 1.54) is 23.2 Å². The van der Waals surface area contributed by atoms with Gasteiger partial charge in [0.05, 0.1) is 18.6 Å². The zero-order chi connectivity index (χ0) is 13.8. The molecule has 1 atom stereocenters. The fourth-order valence-corrected chi connectivity index (χ4v) is 1.64. The van der Waals surface area contributed by atoms with Crippen molar-refractivity contribution in [1.82, 2.24) is 9.88 Å². The molecule has 2 aromatic rings. The molecule has 2 aromatic heterocycles. The topological polar surface area (TPSA) is 84.5 Å². The van der Waals surface area contributed by atoms with Crippen molar-refractivity contribution in [2.45, 2.75) is 6.10 Å². The monoisotopic (exact) mass is 262 g/mol. The third-order valence-corrected chi connectivity index (χ3v) is 2.75. The molecule has 0 saturated heterocycles. The number of nitrogens with one attached hydrogen (secondary N) is 1. The molecule has 2 rings (SSSR count). The fraction of sp³-hybridized carbons (Fsp3) is 0.231. The lowest BCUT2D eigenvalue weighted by Gasteiger charge is -2.10. The molecule has 6 heteroatoms. The first-order valence-corrected chi connectivity index (χ1v) is 5.73. The molecule has 0 unspecified atom stereocenters. The van der Waals surface area contributed by atoms with Crippen LogP contribution < -0.4 is 10.9 Å². The lowest BCUT2D eigenvalue weighted by molar-refractivity contribution is 0.0914. The maximum atomic E-state index is 11.8. The van der Waals surface area contributed by atoms with Crippen molar-refractivity contribution in [1.29, 1.82) is 0 Å². The molecule has 2 heterocycles. The second kappa shape index (κ2) is 5.53. The first-order chi connectivity index (χ1) is 9.09. The molecule has 6 nitrogen and oxygen atoms in total. The van der Waals surface area contributed by atoms with Crippen molar-refractivity contribution < 1.29 is 14.3 Å². The van der Waals surface area contributed by atoms with Crippen molar-refractivity contribution in [3.8, 4) is 0 Å². The van der Waals surface area contributed by atoms with Gasteiger partial charge in [-0.1, -0.05) is 0 Å². The smallest absolute Gasteiger partial charge is 0.263 e. The number of pyridine rings is 1. The Morgan fingerprint density at radius 3 is 3.00 bits per heavy atom. The van der Waals surface area contributed by atoms with Gasteiger partial charge in [-0.15, -0.1) is 0 Å². The number of rotatable bonds is 4. The standard InChI is InChI=1S/C13H14N2O4/c1-15-5-2-3-10(13(15)18)12(17)14-7-11(16)9-4-6-19-8-9/h2-6,8,11,16H,7H2,1H3,(H,14,17)/t11-/m0/s1. The lowest BCUT2D eigenvalue weighted by Crippen LogP contribution is -2.34. The zero-order valence-corrected chi connectivity index (χ0v) is 10.4. The Balaban J connectivity index is 2.02. The molecule has 0 spiro atoms. The summed E-state index contributed by atoms with van der Waals surface area (Å²) in [7, 11) is 1.57. The molecule has 0 aliphatic heterocycles. The normalized spacial score (nSPS) is 12.1. The molecular weight excluding hydrogens is 248 g/mol. The van der Waals surface area contributed by atoms with E-state index in [9.17, 15) is 14.7 Å². The molecule has 2 N–H and O–H groups in total. The Hall–Kier alpha value is -2.34. The van der Waals surface area contributed by atoms with Gasteiger partial charge in [-0.05, 0) is 18.2 Å². The number of aromatic nitrogens is 1. The van der Waals surface area contributed by atoms with E-state index in [0.717, 1.165) is 0 Å². The number of aliphatic hydroxyl groups is 1. The quantitative estimate of drug-likeness (QED) is 0.837. The van der Waals surface area contributed by atoms with Gasteiger partial charge in [0.1, 0.15) is 5.56 Å². The molecule has 19 heavy (non-hydrogen) atoms. The van der Waals surface area contributed by atoms with Crippen LogP contribution in [0.3, 0.4) is 0 Å². The minimum atomic E-state index is -0.865. The number of amides is 1. The van der Waals surface area contributed by atoms with Gasteiger partial charge in [0.25, 0.3) is 11.5 Å². The summed E-state index contributed by atoms with van der Waals surface area (Å²) in [6, 6.07) is 4.67. The Labute approximate surface area is 109 Å². The van der Waals surface area contributed by atoms with Crippen molar-refractivity contribution in [2.75, 3.05) is 6.54 Å². The molecule has 0 aromatic carbocycles. The van der Waals surface area contributed by atoms with E-state index >= 15 is 0 Å². The van der Waals surface area contributed by atoms with Crippen LogP contribution in [0, 0.1) is 0 Å². The van der Waals surface area contributed by atoms with Crippen molar-refractivity contribution in [3.05, 3.63) is 58.4 Å². The number of carbonyl (C=O) groups is 1. The summed E-state index contributed by atoms with van der Waals surface area (Å²) in [5, 5.41) is 12.3. The Morgan fingerprint density at radius 1 is 1.53 bits per heavy atom. The molecule has 0 radical (unpaired) electrons. The highest BCUT2D eigenvalue weighted by atomic mass is 16.3. The summed E-state index contributed by atoms with van der Waals surface area (Å²) in [5.41, 5.74) is 0.239. The van der Waals surface area contributed by atoms with Gasteiger partial charge in [0.2, 0.25) is 0 Å². The van der Waals surface area contributed by atoms with Crippen LogP contribution in [0.25, 0.3) is 0 Å². The third kappa shape index (κ3) is 2.92. The molecule has 0 aliphatic carbocycles. The highest BCUT2D eigenvalue weighted by molar-refractivity contribution is 5.93. The fourth-order valence-electron chi connectivity index (χ4n) is 1.64. The van der Waals surface area contributed by atoms with Gasteiger partial charge < -0.3 is 19.4 Å². The maximum absolute atomic E-state index is 11.8. The SMILES string of the molecule is Cn1cccc(C(=O)NC[C@H](O)c2ccoc2)c1=O. The van der Waals surface area contributed by atoms with E-state index in [1.807, 2.05) is 0 Å². The van der Waals surface area contributed by atoms with Crippen LogP contribution in [0.5, 0.6) is 0 Å². The van der Waals surface area contributed by atoms with Crippen LogP contribution in [0.1, 0.15) is 22.0 Å².